The third-order valence-corrected chi connectivity index (χ3v) is 3.88. The van der Waals surface area contributed by atoms with Gasteiger partial charge >= 0.3 is 0 Å². The van der Waals surface area contributed by atoms with Gasteiger partial charge in [-0.15, -0.1) is 0 Å². The minimum atomic E-state index is -0.103. The molecular formula is C16H23NO3. The fourth-order valence-electron chi connectivity index (χ4n) is 2.63. The van der Waals surface area contributed by atoms with E-state index in [0.29, 0.717) is 0 Å². The monoisotopic (exact) mass is 277 g/mol. The highest BCUT2D eigenvalue weighted by atomic mass is 16.5. The van der Waals surface area contributed by atoms with E-state index in [4.69, 9.17) is 9.47 Å². The summed E-state index contributed by atoms with van der Waals surface area (Å²) in [6.07, 6.45) is 1.89. The van der Waals surface area contributed by atoms with Gasteiger partial charge in [0.1, 0.15) is 5.75 Å². The maximum atomic E-state index is 12.0. The number of rotatable bonds is 4. The predicted molar refractivity (Wildman–Crippen MR) is 77.8 cm³/mol. The second-order valence-corrected chi connectivity index (χ2v) is 5.52. The zero-order chi connectivity index (χ0) is 14.7. The van der Waals surface area contributed by atoms with Gasteiger partial charge in [0.15, 0.2) is 0 Å². The first-order chi connectivity index (χ1) is 9.56. The fourth-order valence-corrected chi connectivity index (χ4v) is 2.63. The summed E-state index contributed by atoms with van der Waals surface area (Å²) in [7, 11) is 3.35. The Morgan fingerprint density at radius 3 is 2.70 bits per heavy atom. The van der Waals surface area contributed by atoms with Crippen LogP contribution in [0.4, 0.5) is 0 Å². The second kappa shape index (κ2) is 6.27. The van der Waals surface area contributed by atoms with Crippen molar-refractivity contribution < 1.29 is 14.3 Å². The predicted octanol–water partition coefficient (Wildman–Crippen LogP) is 2.47. The van der Waals surface area contributed by atoms with Gasteiger partial charge in [0, 0.05) is 13.0 Å². The van der Waals surface area contributed by atoms with Crippen LogP contribution in [0.15, 0.2) is 18.2 Å². The fraction of sp³-hybridized carbons (Fsp3) is 0.562. The Morgan fingerprint density at radius 1 is 1.35 bits per heavy atom. The second-order valence-electron chi connectivity index (χ2n) is 5.52. The van der Waals surface area contributed by atoms with E-state index in [0.717, 1.165) is 24.2 Å². The van der Waals surface area contributed by atoms with Gasteiger partial charge in [0.25, 0.3) is 0 Å². The molecule has 1 amide bonds. The van der Waals surface area contributed by atoms with Crippen LogP contribution in [0.25, 0.3) is 0 Å². The molecule has 2 atom stereocenters. The Hall–Kier alpha value is -1.55. The molecule has 110 valence electrons. The SMILES string of the molecule is COc1ccc2c(c1)[C@@H](NC(=O)C(C)C)[C@@H](OC)CC2. The maximum absolute atomic E-state index is 12.0. The standard InChI is InChI=1S/C16H23NO3/c1-10(2)16(18)17-15-13-9-12(19-3)7-5-11(13)6-8-14(15)20-4/h5,7,9-10,14-15H,6,8H2,1-4H3,(H,17,18)/t14-,15+/m0/s1. The molecule has 20 heavy (non-hydrogen) atoms. The summed E-state index contributed by atoms with van der Waals surface area (Å²) in [5.74, 6) is 0.820. The summed E-state index contributed by atoms with van der Waals surface area (Å²) in [6, 6.07) is 5.95. The van der Waals surface area contributed by atoms with Gasteiger partial charge in [-0.25, -0.2) is 0 Å². The molecule has 4 nitrogen and oxygen atoms in total. The van der Waals surface area contributed by atoms with Crippen LogP contribution in [-0.2, 0) is 16.0 Å². The van der Waals surface area contributed by atoms with Crippen molar-refractivity contribution in [3.05, 3.63) is 29.3 Å². The maximum Gasteiger partial charge on any atom is 0.223 e. The molecule has 0 aliphatic heterocycles. The molecule has 2 rings (SSSR count). The molecule has 0 aromatic heterocycles. The summed E-state index contributed by atoms with van der Waals surface area (Å²) < 4.78 is 10.9. The van der Waals surface area contributed by atoms with Gasteiger partial charge < -0.3 is 14.8 Å². The first kappa shape index (κ1) is 14.9. The normalized spacial score (nSPS) is 21.4. The van der Waals surface area contributed by atoms with E-state index in [-0.39, 0.29) is 24.0 Å². The Kier molecular flexibility index (Phi) is 4.65. The highest BCUT2D eigenvalue weighted by molar-refractivity contribution is 5.78. The van der Waals surface area contributed by atoms with Crippen molar-refractivity contribution in [3.8, 4) is 5.75 Å². The summed E-state index contributed by atoms with van der Waals surface area (Å²) in [4.78, 5) is 12.0. The number of nitrogens with one attached hydrogen (secondary N) is 1. The van der Waals surface area contributed by atoms with Gasteiger partial charge in [0.05, 0.1) is 19.3 Å². The van der Waals surface area contributed by atoms with Crippen LogP contribution in [0.2, 0.25) is 0 Å². The van der Waals surface area contributed by atoms with Crippen molar-refractivity contribution in [2.45, 2.75) is 38.8 Å². The molecule has 0 spiro atoms. The van der Waals surface area contributed by atoms with Crippen molar-refractivity contribution in [1.82, 2.24) is 5.32 Å². The van der Waals surface area contributed by atoms with Gasteiger partial charge in [0.2, 0.25) is 5.91 Å². The number of carbonyl (C=O) groups is 1. The molecule has 0 heterocycles. The summed E-state index contributed by atoms with van der Waals surface area (Å²) in [6.45, 7) is 3.79. The summed E-state index contributed by atoms with van der Waals surface area (Å²) in [5, 5.41) is 3.11. The van der Waals surface area contributed by atoms with Crippen LogP contribution < -0.4 is 10.1 Å². The Labute approximate surface area is 120 Å². The minimum absolute atomic E-state index is 0.0114. The number of carbonyl (C=O) groups excluding carboxylic acids is 1. The van der Waals surface area contributed by atoms with Crippen molar-refractivity contribution in [1.29, 1.82) is 0 Å². The molecule has 0 unspecified atom stereocenters. The number of methoxy groups -OCH3 is 2. The van der Waals surface area contributed by atoms with Gasteiger partial charge in [-0.05, 0) is 36.1 Å². The van der Waals surface area contributed by atoms with Crippen LogP contribution in [0.5, 0.6) is 5.75 Å². The zero-order valence-electron chi connectivity index (χ0n) is 12.6. The average molecular weight is 277 g/mol. The van der Waals surface area contributed by atoms with Crippen LogP contribution in [0.3, 0.4) is 0 Å². The van der Waals surface area contributed by atoms with Crippen LogP contribution in [0, 0.1) is 5.92 Å². The number of benzene rings is 1. The Bertz CT molecular complexity index is 485. The largest absolute Gasteiger partial charge is 0.497 e. The third kappa shape index (κ3) is 2.96. The van der Waals surface area contributed by atoms with E-state index >= 15 is 0 Å². The van der Waals surface area contributed by atoms with Crippen LogP contribution >= 0.6 is 0 Å². The molecule has 0 bridgehead atoms. The number of hydrogen-bond acceptors (Lipinski definition) is 3. The number of ether oxygens (including phenoxy) is 2. The third-order valence-electron chi connectivity index (χ3n) is 3.88. The number of fused-ring (bicyclic) bond motifs is 1. The Balaban J connectivity index is 2.33. The highest BCUT2D eigenvalue weighted by Gasteiger charge is 2.31. The minimum Gasteiger partial charge on any atom is -0.497 e. The van der Waals surface area contributed by atoms with Crippen LogP contribution in [-0.4, -0.2) is 26.2 Å². The highest BCUT2D eigenvalue weighted by Crippen LogP contribution is 2.34. The zero-order valence-corrected chi connectivity index (χ0v) is 12.6. The van der Waals surface area contributed by atoms with E-state index in [1.165, 1.54) is 5.56 Å². The number of amides is 1. The van der Waals surface area contributed by atoms with E-state index < -0.39 is 0 Å². The lowest BCUT2D eigenvalue weighted by molar-refractivity contribution is -0.126. The van der Waals surface area contributed by atoms with Gasteiger partial charge in [-0.1, -0.05) is 19.9 Å². The molecule has 4 heteroatoms. The van der Waals surface area contributed by atoms with E-state index in [1.807, 2.05) is 26.0 Å². The van der Waals surface area contributed by atoms with Crippen molar-refractivity contribution in [3.63, 3.8) is 0 Å². The van der Waals surface area contributed by atoms with Crippen molar-refractivity contribution in [2.75, 3.05) is 14.2 Å². The first-order valence-corrected chi connectivity index (χ1v) is 7.06. The molecule has 1 aromatic carbocycles. The quantitative estimate of drug-likeness (QED) is 0.919. The lowest BCUT2D eigenvalue weighted by atomic mass is 9.85. The van der Waals surface area contributed by atoms with E-state index in [9.17, 15) is 4.79 Å². The topological polar surface area (TPSA) is 47.6 Å². The number of aryl methyl sites for hydroxylation is 1. The average Bonchev–Trinajstić information content (AvgIpc) is 2.46. The summed E-state index contributed by atoms with van der Waals surface area (Å²) in [5.41, 5.74) is 2.37. The van der Waals surface area contributed by atoms with Crippen molar-refractivity contribution in [2.24, 2.45) is 5.92 Å². The number of hydrogen-bond donors (Lipinski definition) is 1. The molecule has 0 saturated carbocycles. The molecular weight excluding hydrogens is 254 g/mol. The first-order valence-electron chi connectivity index (χ1n) is 7.06. The molecule has 1 aliphatic rings. The molecule has 0 radical (unpaired) electrons. The molecule has 1 N–H and O–H groups in total. The molecule has 1 aromatic rings. The van der Waals surface area contributed by atoms with Gasteiger partial charge in [-0.3, -0.25) is 4.79 Å². The van der Waals surface area contributed by atoms with E-state index in [1.54, 1.807) is 14.2 Å². The Morgan fingerprint density at radius 2 is 2.10 bits per heavy atom. The van der Waals surface area contributed by atoms with Crippen molar-refractivity contribution >= 4 is 5.91 Å². The lowest BCUT2D eigenvalue weighted by Gasteiger charge is -2.34. The lowest BCUT2D eigenvalue weighted by Crippen LogP contribution is -2.41. The van der Waals surface area contributed by atoms with Gasteiger partial charge in [-0.2, -0.15) is 0 Å². The molecule has 0 fully saturated rings. The summed E-state index contributed by atoms with van der Waals surface area (Å²) >= 11 is 0. The van der Waals surface area contributed by atoms with E-state index in [2.05, 4.69) is 11.4 Å². The molecule has 0 saturated heterocycles. The van der Waals surface area contributed by atoms with Crippen LogP contribution in [0.1, 0.15) is 37.4 Å². The smallest absolute Gasteiger partial charge is 0.223 e. The molecule has 1 aliphatic carbocycles.